The van der Waals surface area contributed by atoms with Crippen molar-refractivity contribution < 1.29 is 18.3 Å². The van der Waals surface area contributed by atoms with Crippen molar-refractivity contribution in [1.29, 1.82) is 0 Å². The first-order valence-corrected chi connectivity index (χ1v) is 9.26. The third kappa shape index (κ3) is 4.26. The molecular weight excluding hydrogens is 312 g/mol. The Morgan fingerprint density at radius 1 is 1.52 bits per heavy atom. The molecule has 0 aromatic carbocycles. The van der Waals surface area contributed by atoms with Crippen molar-refractivity contribution in [3.63, 3.8) is 0 Å². The Morgan fingerprint density at radius 3 is 2.95 bits per heavy atom. The summed E-state index contributed by atoms with van der Waals surface area (Å²) in [6, 6.07) is 3.28. The molecule has 0 spiro atoms. The fourth-order valence-electron chi connectivity index (χ4n) is 2.57. The first-order chi connectivity index (χ1) is 9.92. The lowest BCUT2D eigenvalue weighted by molar-refractivity contribution is -0.136. The fourth-order valence-corrected chi connectivity index (χ4v) is 5.03. The van der Waals surface area contributed by atoms with E-state index >= 15 is 0 Å². The number of carbonyl (C=O) groups is 1. The van der Waals surface area contributed by atoms with Gasteiger partial charge in [0, 0.05) is 17.5 Å². The molecule has 2 rings (SSSR count). The number of likely N-dealkylation sites (N-methyl/N-ethyl adjacent to an activating group) is 1. The summed E-state index contributed by atoms with van der Waals surface area (Å²) in [5.41, 5.74) is 0. The SMILES string of the molecule is CCN1CCCC1CNS(=O)(=O)c1ccc(CC(=O)O)s1. The maximum absolute atomic E-state index is 12.2. The van der Waals surface area contributed by atoms with Crippen LogP contribution < -0.4 is 4.72 Å². The summed E-state index contributed by atoms with van der Waals surface area (Å²) < 4.78 is 27.3. The number of nitrogens with one attached hydrogen (secondary N) is 1. The maximum atomic E-state index is 12.2. The van der Waals surface area contributed by atoms with Gasteiger partial charge in [0.2, 0.25) is 10.0 Å². The quantitative estimate of drug-likeness (QED) is 0.782. The molecule has 21 heavy (non-hydrogen) atoms. The van der Waals surface area contributed by atoms with Gasteiger partial charge in [0.25, 0.3) is 0 Å². The zero-order valence-corrected chi connectivity index (χ0v) is 13.5. The van der Waals surface area contributed by atoms with Crippen LogP contribution in [0.5, 0.6) is 0 Å². The van der Waals surface area contributed by atoms with Crippen LogP contribution in [0.15, 0.2) is 16.3 Å². The Balaban J connectivity index is 1.98. The minimum atomic E-state index is -3.55. The first kappa shape index (κ1) is 16.4. The van der Waals surface area contributed by atoms with E-state index in [1.54, 1.807) is 6.07 Å². The summed E-state index contributed by atoms with van der Waals surface area (Å²) in [5.74, 6) is -0.960. The highest BCUT2D eigenvalue weighted by Gasteiger charge is 2.25. The predicted molar refractivity (Wildman–Crippen MR) is 81.1 cm³/mol. The highest BCUT2D eigenvalue weighted by Crippen LogP contribution is 2.22. The molecule has 1 atom stereocenters. The van der Waals surface area contributed by atoms with Gasteiger partial charge in [-0.2, -0.15) is 0 Å². The molecule has 0 radical (unpaired) electrons. The molecule has 1 aromatic heterocycles. The van der Waals surface area contributed by atoms with E-state index in [2.05, 4.69) is 16.5 Å². The van der Waals surface area contributed by atoms with Crippen molar-refractivity contribution in [2.45, 2.75) is 36.4 Å². The zero-order valence-electron chi connectivity index (χ0n) is 11.9. The average molecular weight is 332 g/mol. The van der Waals surface area contributed by atoms with Crippen LogP contribution >= 0.6 is 11.3 Å². The average Bonchev–Trinajstić information content (AvgIpc) is 3.04. The Bertz CT molecular complexity index is 597. The Hall–Kier alpha value is -0.960. The van der Waals surface area contributed by atoms with Gasteiger partial charge in [0.1, 0.15) is 4.21 Å². The summed E-state index contributed by atoms with van der Waals surface area (Å²) in [6.45, 7) is 4.42. The summed E-state index contributed by atoms with van der Waals surface area (Å²) >= 11 is 1.01. The van der Waals surface area contributed by atoms with E-state index in [1.165, 1.54) is 6.07 Å². The number of hydrogen-bond acceptors (Lipinski definition) is 5. The van der Waals surface area contributed by atoms with Crippen LogP contribution in [0.2, 0.25) is 0 Å². The second-order valence-electron chi connectivity index (χ2n) is 5.07. The molecule has 1 fully saturated rings. The number of nitrogens with zero attached hydrogens (tertiary/aromatic N) is 1. The second kappa shape index (κ2) is 6.87. The van der Waals surface area contributed by atoms with Gasteiger partial charge < -0.3 is 5.11 Å². The van der Waals surface area contributed by atoms with Crippen LogP contribution in [0.4, 0.5) is 0 Å². The topological polar surface area (TPSA) is 86.7 Å². The highest BCUT2D eigenvalue weighted by atomic mass is 32.2. The number of hydrogen-bond donors (Lipinski definition) is 2. The van der Waals surface area contributed by atoms with Crippen LogP contribution in [0.3, 0.4) is 0 Å². The van der Waals surface area contributed by atoms with Crippen molar-refractivity contribution in [2.75, 3.05) is 19.6 Å². The zero-order chi connectivity index (χ0) is 15.5. The molecule has 0 aliphatic carbocycles. The lowest BCUT2D eigenvalue weighted by Crippen LogP contribution is -2.39. The second-order valence-corrected chi connectivity index (χ2v) is 8.23. The van der Waals surface area contributed by atoms with Gasteiger partial charge in [-0.1, -0.05) is 6.92 Å². The van der Waals surface area contributed by atoms with E-state index in [0.717, 1.165) is 37.3 Å². The monoisotopic (exact) mass is 332 g/mol. The highest BCUT2D eigenvalue weighted by molar-refractivity contribution is 7.91. The molecule has 1 aliphatic rings. The molecule has 1 saturated heterocycles. The van der Waals surface area contributed by atoms with Crippen LogP contribution in [-0.4, -0.2) is 50.1 Å². The first-order valence-electron chi connectivity index (χ1n) is 6.96. The molecule has 1 aromatic rings. The Morgan fingerprint density at radius 2 is 2.29 bits per heavy atom. The smallest absolute Gasteiger partial charge is 0.308 e. The number of carboxylic acid groups (broad SMARTS) is 1. The summed E-state index contributed by atoms with van der Waals surface area (Å²) in [6.07, 6.45) is 1.96. The van der Waals surface area contributed by atoms with Gasteiger partial charge in [-0.05, 0) is 38.1 Å². The number of sulfonamides is 1. The van der Waals surface area contributed by atoms with Gasteiger partial charge in [0.15, 0.2) is 0 Å². The summed E-state index contributed by atoms with van der Waals surface area (Å²) in [7, 11) is -3.55. The molecule has 8 heteroatoms. The van der Waals surface area contributed by atoms with Gasteiger partial charge >= 0.3 is 5.97 Å². The van der Waals surface area contributed by atoms with Gasteiger partial charge in [-0.25, -0.2) is 13.1 Å². The predicted octanol–water partition coefficient (Wildman–Crippen LogP) is 1.14. The van der Waals surface area contributed by atoms with Crippen molar-refractivity contribution >= 4 is 27.3 Å². The normalized spacial score (nSPS) is 20.0. The molecule has 1 aliphatic heterocycles. The number of aliphatic carboxylic acids is 1. The number of carboxylic acids is 1. The van der Waals surface area contributed by atoms with E-state index in [0.29, 0.717) is 11.4 Å². The Kier molecular flexibility index (Phi) is 5.37. The van der Waals surface area contributed by atoms with Crippen molar-refractivity contribution in [3.05, 3.63) is 17.0 Å². The third-order valence-electron chi connectivity index (χ3n) is 3.64. The third-order valence-corrected chi connectivity index (χ3v) is 6.64. The van der Waals surface area contributed by atoms with E-state index in [4.69, 9.17) is 5.11 Å². The Labute approximate surface area is 128 Å². The molecule has 2 N–H and O–H groups in total. The molecule has 6 nitrogen and oxygen atoms in total. The number of thiophene rings is 1. The standard InChI is InChI=1S/C13H20N2O4S2/c1-2-15-7-3-4-10(15)9-14-21(18,19)13-6-5-11(20-13)8-12(16)17/h5-6,10,14H,2-4,7-9H2,1H3,(H,16,17). The van der Waals surface area contributed by atoms with Crippen LogP contribution in [0, 0.1) is 0 Å². The molecular formula is C13H20N2O4S2. The largest absolute Gasteiger partial charge is 0.481 e. The van der Waals surface area contributed by atoms with E-state index in [1.807, 2.05) is 0 Å². The molecule has 118 valence electrons. The van der Waals surface area contributed by atoms with Gasteiger partial charge in [0.05, 0.1) is 6.42 Å². The van der Waals surface area contributed by atoms with Gasteiger partial charge in [-0.3, -0.25) is 9.69 Å². The molecule has 0 bridgehead atoms. The maximum Gasteiger partial charge on any atom is 0.308 e. The molecule has 0 saturated carbocycles. The number of likely N-dealkylation sites (tertiary alicyclic amines) is 1. The van der Waals surface area contributed by atoms with Crippen molar-refractivity contribution in [3.8, 4) is 0 Å². The van der Waals surface area contributed by atoms with E-state index in [9.17, 15) is 13.2 Å². The number of rotatable bonds is 7. The lowest BCUT2D eigenvalue weighted by atomic mass is 10.2. The van der Waals surface area contributed by atoms with E-state index in [-0.39, 0.29) is 16.7 Å². The van der Waals surface area contributed by atoms with Crippen molar-refractivity contribution in [2.24, 2.45) is 0 Å². The molecule has 0 amide bonds. The molecule has 1 unspecified atom stereocenters. The minimum absolute atomic E-state index is 0.146. The van der Waals surface area contributed by atoms with Crippen molar-refractivity contribution in [1.82, 2.24) is 9.62 Å². The van der Waals surface area contributed by atoms with Crippen LogP contribution in [0.1, 0.15) is 24.6 Å². The van der Waals surface area contributed by atoms with Gasteiger partial charge in [-0.15, -0.1) is 11.3 Å². The fraction of sp³-hybridized carbons (Fsp3) is 0.615. The van der Waals surface area contributed by atoms with E-state index < -0.39 is 16.0 Å². The van der Waals surface area contributed by atoms with Crippen LogP contribution in [0.25, 0.3) is 0 Å². The minimum Gasteiger partial charge on any atom is -0.481 e. The lowest BCUT2D eigenvalue weighted by Gasteiger charge is -2.22. The van der Waals surface area contributed by atoms with Crippen LogP contribution in [-0.2, 0) is 21.2 Å². The molecule has 2 heterocycles. The summed E-state index contributed by atoms with van der Waals surface area (Å²) in [5, 5.41) is 8.72. The summed E-state index contributed by atoms with van der Waals surface area (Å²) in [4.78, 5) is 13.4.